The standard InChI is InChI=1S/C25H40O9/c1-2-3-4-5-6-7-8-9-10-11-14-32-24(31)18-15-17(27)12-13-19(18)33-25-23(30)22(29)21(28)20(16-26)34-25/h12-13,15,20-23,25-30H,2-11,14,16H2,1H3/t20-,21-,22+,23-,25-/m1/s1. The summed E-state index contributed by atoms with van der Waals surface area (Å²) in [6.45, 7) is 1.83. The molecule has 9 nitrogen and oxygen atoms in total. The van der Waals surface area contributed by atoms with E-state index in [0.29, 0.717) is 0 Å². The van der Waals surface area contributed by atoms with Gasteiger partial charge in [0.2, 0.25) is 6.29 Å². The average molecular weight is 485 g/mol. The number of carbonyl (C=O) groups is 1. The average Bonchev–Trinajstić information content (AvgIpc) is 2.83. The molecule has 1 aliphatic heterocycles. The van der Waals surface area contributed by atoms with Gasteiger partial charge in [-0.3, -0.25) is 0 Å². The van der Waals surface area contributed by atoms with Gasteiger partial charge < -0.3 is 39.7 Å². The molecule has 0 aliphatic carbocycles. The van der Waals surface area contributed by atoms with E-state index < -0.39 is 43.3 Å². The van der Waals surface area contributed by atoms with Crippen LogP contribution in [0.15, 0.2) is 18.2 Å². The first-order chi connectivity index (χ1) is 16.4. The Morgan fingerprint density at radius 1 is 0.912 bits per heavy atom. The molecular weight excluding hydrogens is 444 g/mol. The minimum absolute atomic E-state index is 0.0322. The minimum Gasteiger partial charge on any atom is -0.508 e. The van der Waals surface area contributed by atoms with Crippen molar-refractivity contribution in [3.63, 3.8) is 0 Å². The fourth-order valence-corrected chi connectivity index (χ4v) is 3.90. The molecule has 34 heavy (non-hydrogen) atoms. The Labute approximate surface area is 201 Å². The first kappa shape index (κ1) is 28.3. The summed E-state index contributed by atoms with van der Waals surface area (Å²) in [6, 6.07) is 3.78. The first-order valence-electron chi connectivity index (χ1n) is 12.4. The normalized spacial score (nSPS) is 24.7. The number of aliphatic hydroxyl groups excluding tert-OH is 4. The number of phenolic OH excluding ortho intramolecular Hbond substituents is 1. The van der Waals surface area contributed by atoms with Gasteiger partial charge in [0.1, 0.15) is 41.5 Å². The molecular formula is C25H40O9. The Morgan fingerprint density at radius 3 is 2.15 bits per heavy atom. The van der Waals surface area contributed by atoms with E-state index in [0.717, 1.165) is 19.3 Å². The molecule has 0 spiro atoms. The van der Waals surface area contributed by atoms with Crippen LogP contribution in [0.4, 0.5) is 0 Å². The monoisotopic (exact) mass is 484 g/mol. The van der Waals surface area contributed by atoms with Crippen LogP contribution in [0.2, 0.25) is 0 Å². The summed E-state index contributed by atoms with van der Waals surface area (Å²) in [4.78, 5) is 12.6. The minimum atomic E-state index is -1.62. The van der Waals surface area contributed by atoms with E-state index in [1.54, 1.807) is 0 Å². The van der Waals surface area contributed by atoms with Crippen LogP contribution >= 0.6 is 0 Å². The number of rotatable bonds is 15. The van der Waals surface area contributed by atoms with Gasteiger partial charge in [0.25, 0.3) is 0 Å². The highest BCUT2D eigenvalue weighted by molar-refractivity contribution is 5.93. The molecule has 5 N–H and O–H groups in total. The Morgan fingerprint density at radius 2 is 1.53 bits per heavy atom. The van der Waals surface area contributed by atoms with Crippen molar-refractivity contribution in [3.05, 3.63) is 23.8 Å². The van der Waals surface area contributed by atoms with E-state index >= 15 is 0 Å². The molecule has 0 saturated carbocycles. The van der Waals surface area contributed by atoms with Crippen LogP contribution in [0.25, 0.3) is 0 Å². The smallest absolute Gasteiger partial charge is 0.342 e. The van der Waals surface area contributed by atoms with Gasteiger partial charge in [0, 0.05) is 0 Å². The van der Waals surface area contributed by atoms with E-state index in [1.807, 2.05) is 0 Å². The molecule has 1 aliphatic rings. The van der Waals surface area contributed by atoms with Gasteiger partial charge in [-0.25, -0.2) is 4.79 Å². The Kier molecular flexibility index (Phi) is 12.6. The fraction of sp³-hybridized carbons (Fsp3) is 0.720. The first-order valence-corrected chi connectivity index (χ1v) is 12.4. The lowest BCUT2D eigenvalue weighted by Crippen LogP contribution is -2.60. The number of aliphatic hydroxyl groups is 4. The van der Waals surface area contributed by atoms with Crippen LogP contribution in [0.1, 0.15) is 81.5 Å². The lowest BCUT2D eigenvalue weighted by atomic mass is 9.99. The number of unbranched alkanes of at least 4 members (excludes halogenated alkanes) is 9. The van der Waals surface area contributed by atoms with Crippen molar-refractivity contribution in [1.82, 2.24) is 0 Å². The molecule has 9 heteroatoms. The number of hydrogen-bond donors (Lipinski definition) is 5. The highest BCUT2D eigenvalue weighted by Crippen LogP contribution is 2.29. The molecule has 5 atom stereocenters. The van der Waals surface area contributed by atoms with Crippen molar-refractivity contribution in [2.24, 2.45) is 0 Å². The van der Waals surface area contributed by atoms with Crippen LogP contribution in [-0.4, -0.2) is 75.4 Å². The molecule has 1 fully saturated rings. The highest BCUT2D eigenvalue weighted by Gasteiger charge is 2.45. The second kappa shape index (κ2) is 15.2. The molecule has 0 bridgehead atoms. The molecule has 2 rings (SSSR count). The lowest BCUT2D eigenvalue weighted by Gasteiger charge is -2.39. The number of benzene rings is 1. The summed E-state index contributed by atoms with van der Waals surface area (Å²) < 4.78 is 16.2. The topological polar surface area (TPSA) is 146 Å². The maximum atomic E-state index is 12.6. The number of phenols is 1. The zero-order chi connectivity index (χ0) is 24.9. The summed E-state index contributed by atoms with van der Waals surface area (Å²) in [5.74, 6) is -0.909. The third-order valence-electron chi connectivity index (χ3n) is 6.01. The number of carbonyl (C=O) groups excluding carboxylic acids is 1. The van der Waals surface area contributed by atoms with Crippen LogP contribution in [-0.2, 0) is 9.47 Å². The van der Waals surface area contributed by atoms with Gasteiger partial charge in [-0.05, 0) is 24.6 Å². The number of ether oxygens (including phenoxy) is 3. The summed E-state index contributed by atoms with van der Waals surface area (Å²) in [7, 11) is 0. The third kappa shape index (κ3) is 8.70. The molecule has 0 radical (unpaired) electrons. The number of hydrogen-bond acceptors (Lipinski definition) is 9. The molecule has 1 heterocycles. The maximum Gasteiger partial charge on any atom is 0.342 e. The van der Waals surface area contributed by atoms with E-state index in [4.69, 9.17) is 14.2 Å². The summed E-state index contributed by atoms with van der Waals surface area (Å²) in [5.41, 5.74) is -0.0657. The Hall–Kier alpha value is -1.91. The van der Waals surface area contributed by atoms with Gasteiger partial charge >= 0.3 is 5.97 Å². The van der Waals surface area contributed by atoms with E-state index in [-0.39, 0.29) is 23.7 Å². The molecule has 0 amide bonds. The Balaban J connectivity index is 1.81. The molecule has 0 aromatic heterocycles. The van der Waals surface area contributed by atoms with Crippen molar-refractivity contribution in [1.29, 1.82) is 0 Å². The van der Waals surface area contributed by atoms with Gasteiger partial charge in [-0.2, -0.15) is 0 Å². The van der Waals surface area contributed by atoms with Crippen molar-refractivity contribution < 1.29 is 44.5 Å². The third-order valence-corrected chi connectivity index (χ3v) is 6.01. The molecule has 194 valence electrons. The van der Waals surface area contributed by atoms with Crippen LogP contribution in [0.5, 0.6) is 11.5 Å². The zero-order valence-electron chi connectivity index (χ0n) is 20.0. The predicted molar refractivity (Wildman–Crippen MR) is 125 cm³/mol. The largest absolute Gasteiger partial charge is 0.508 e. The fourth-order valence-electron chi connectivity index (χ4n) is 3.90. The van der Waals surface area contributed by atoms with Gasteiger partial charge in [-0.15, -0.1) is 0 Å². The molecule has 1 saturated heterocycles. The second-order valence-electron chi connectivity index (χ2n) is 8.81. The van der Waals surface area contributed by atoms with E-state index in [2.05, 4.69) is 6.92 Å². The van der Waals surface area contributed by atoms with E-state index in [9.17, 15) is 30.3 Å². The Bertz CT molecular complexity index is 724. The summed E-state index contributed by atoms with van der Waals surface area (Å²) >= 11 is 0. The second-order valence-corrected chi connectivity index (χ2v) is 8.81. The van der Waals surface area contributed by atoms with Crippen LogP contribution in [0, 0.1) is 0 Å². The van der Waals surface area contributed by atoms with Crippen molar-refractivity contribution >= 4 is 5.97 Å². The van der Waals surface area contributed by atoms with E-state index in [1.165, 1.54) is 63.1 Å². The van der Waals surface area contributed by atoms with Crippen LogP contribution < -0.4 is 4.74 Å². The summed E-state index contributed by atoms with van der Waals surface area (Å²) in [6.07, 6.45) is 4.24. The molecule has 0 unspecified atom stereocenters. The lowest BCUT2D eigenvalue weighted by molar-refractivity contribution is -0.277. The number of esters is 1. The van der Waals surface area contributed by atoms with Gasteiger partial charge in [0.05, 0.1) is 13.2 Å². The SMILES string of the molecule is CCCCCCCCCCCCOC(=O)c1cc(O)ccc1O[C@@H]1O[C@H](CO)[C@@H](O)[C@H](O)[C@H]1O. The van der Waals surface area contributed by atoms with Crippen molar-refractivity contribution in [2.75, 3.05) is 13.2 Å². The van der Waals surface area contributed by atoms with Crippen LogP contribution in [0.3, 0.4) is 0 Å². The summed E-state index contributed by atoms with van der Waals surface area (Å²) in [5, 5.41) is 49.1. The number of aromatic hydroxyl groups is 1. The highest BCUT2D eigenvalue weighted by atomic mass is 16.7. The quantitative estimate of drug-likeness (QED) is 0.187. The maximum absolute atomic E-state index is 12.6. The molecule has 1 aromatic carbocycles. The predicted octanol–water partition coefficient (Wildman–Crippen LogP) is 2.65. The van der Waals surface area contributed by atoms with Gasteiger partial charge in [0.15, 0.2) is 0 Å². The van der Waals surface area contributed by atoms with Gasteiger partial charge in [-0.1, -0.05) is 64.7 Å². The van der Waals surface area contributed by atoms with Crippen molar-refractivity contribution in [2.45, 2.75) is 102 Å². The molecule has 1 aromatic rings. The van der Waals surface area contributed by atoms with Crippen molar-refractivity contribution in [3.8, 4) is 11.5 Å². The zero-order valence-corrected chi connectivity index (χ0v) is 20.0.